The zero-order valence-electron chi connectivity index (χ0n) is 14.8. The Labute approximate surface area is 147 Å². The van der Waals surface area contributed by atoms with Crippen LogP contribution >= 0.6 is 0 Å². The van der Waals surface area contributed by atoms with E-state index in [4.69, 9.17) is 14.2 Å². The van der Waals surface area contributed by atoms with E-state index in [0.29, 0.717) is 23.7 Å². The van der Waals surface area contributed by atoms with Gasteiger partial charge >= 0.3 is 0 Å². The lowest BCUT2D eigenvalue weighted by atomic mass is 9.97. The Morgan fingerprint density at radius 3 is 2.32 bits per heavy atom. The minimum atomic E-state index is -0.0383. The Kier molecular flexibility index (Phi) is 4.70. The van der Waals surface area contributed by atoms with Crippen molar-refractivity contribution in [2.45, 2.75) is 19.4 Å². The number of aryl methyl sites for hydroxylation is 1. The molecule has 0 amide bonds. The summed E-state index contributed by atoms with van der Waals surface area (Å²) >= 11 is 0. The standard InChI is InChI=1S/C19H22N2O4/c1-11-5-6-16(22)13(7-11)15-10-14(20-21-15)12-8-17(23-2)19(25-4)18(9-12)24-3/h5-9,14,20,22H,10H2,1-4H3/t14-/m1/s1. The Hall–Kier alpha value is -2.89. The van der Waals surface area contributed by atoms with Crippen LogP contribution in [0.3, 0.4) is 0 Å². The van der Waals surface area contributed by atoms with Crippen LogP contribution in [0.5, 0.6) is 23.0 Å². The van der Waals surface area contributed by atoms with Crippen LogP contribution in [0.2, 0.25) is 0 Å². The van der Waals surface area contributed by atoms with E-state index in [0.717, 1.165) is 22.4 Å². The van der Waals surface area contributed by atoms with Crippen LogP contribution in [0.1, 0.15) is 29.2 Å². The molecule has 0 bridgehead atoms. The number of nitrogens with zero attached hydrogens (tertiary/aromatic N) is 1. The van der Waals surface area contributed by atoms with Gasteiger partial charge in [0, 0.05) is 12.0 Å². The fourth-order valence-electron chi connectivity index (χ4n) is 2.99. The molecule has 132 valence electrons. The summed E-state index contributed by atoms with van der Waals surface area (Å²) in [6.45, 7) is 1.99. The number of hydrogen-bond donors (Lipinski definition) is 2. The van der Waals surface area contributed by atoms with Gasteiger partial charge in [-0.15, -0.1) is 0 Å². The number of phenols is 1. The first-order valence-electron chi connectivity index (χ1n) is 7.99. The highest BCUT2D eigenvalue weighted by molar-refractivity contribution is 6.04. The van der Waals surface area contributed by atoms with Crippen molar-refractivity contribution >= 4 is 5.71 Å². The highest BCUT2D eigenvalue weighted by Crippen LogP contribution is 2.41. The van der Waals surface area contributed by atoms with Crippen molar-refractivity contribution in [2.75, 3.05) is 21.3 Å². The van der Waals surface area contributed by atoms with E-state index < -0.39 is 0 Å². The lowest BCUT2D eigenvalue weighted by Crippen LogP contribution is -2.11. The minimum Gasteiger partial charge on any atom is -0.507 e. The zero-order chi connectivity index (χ0) is 18.0. The van der Waals surface area contributed by atoms with Gasteiger partial charge in [-0.05, 0) is 36.8 Å². The molecule has 1 heterocycles. The number of hydrazone groups is 1. The molecular weight excluding hydrogens is 320 g/mol. The summed E-state index contributed by atoms with van der Waals surface area (Å²) in [4.78, 5) is 0. The van der Waals surface area contributed by atoms with Crippen molar-refractivity contribution in [1.82, 2.24) is 5.43 Å². The topological polar surface area (TPSA) is 72.3 Å². The average molecular weight is 342 g/mol. The van der Waals surface area contributed by atoms with Crippen LogP contribution in [0.15, 0.2) is 35.4 Å². The second-order valence-electron chi connectivity index (χ2n) is 5.92. The normalized spacial score (nSPS) is 16.2. The second kappa shape index (κ2) is 6.93. The van der Waals surface area contributed by atoms with Gasteiger partial charge in [0.2, 0.25) is 5.75 Å². The molecule has 2 aromatic carbocycles. The Bertz CT molecular complexity index is 792. The molecule has 0 unspecified atom stereocenters. The molecular formula is C19H22N2O4. The molecule has 6 heteroatoms. The molecule has 0 fully saturated rings. The van der Waals surface area contributed by atoms with E-state index in [1.807, 2.05) is 31.2 Å². The Morgan fingerprint density at radius 2 is 1.72 bits per heavy atom. The van der Waals surface area contributed by atoms with E-state index >= 15 is 0 Å². The number of ether oxygens (including phenoxy) is 3. The predicted octanol–water partition coefficient (Wildman–Crippen LogP) is 3.17. The van der Waals surface area contributed by atoms with Gasteiger partial charge in [-0.2, -0.15) is 5.10 Å². The summed E-state index contributed by atoms with van der Waals surface area (Å²) in [6.07, 6.45) is 0.648. The van der Waals surface area contributed by atoms with Gasteiger partial charge < -0.3 is 24.7 Å². The molecule has 1 aliphatic heterocycles. The molecule has 0 saturated heterocycles. The number of nitrogens with one attached hydrogen (secondary N) is 1. The third-order valence-electron chi connectivity index (χ3n) is 4.31. The van der Waals surface area contributed by atoms with Crippen LogP contribution in [0.25, 0.3) is 0 Å². The van der Waals surface area contributed by atoms with Gasteiger partial charge in [0.05, 0.1) is 33.1 Å². The van der Waals surface area contributed by atoms with Gasteiger partial charge in [-0.3, -0.25) is 0 Å². The first-order valence-corrected chi connectivity index (χ1v) is 7.99. The number of hydrogen-bond acceptors (Lipinski definition) is 6. The molecule has 0 aromatic heterocycles. The van der Waals surface area contributed by atoms with Crippen molar-refractivity contribution < 1.29 is 19.3 Å². The van der Waals surface area contributed by atoms with Crippen molar-refractivity contribution in [3.8, 4) is 23.0 Å². The van der Waals surface area contributed by atoms with Crippen molar-refractivity contribution in [2.24, 2.45) is 5.10 Å². The molecule has 1 atom stereocenters. The SMILES string of the molecule is COc1cc([C@H]2CC(c3cc(C)ccc3O)=NN2)cc(OC)c1OC. The van der Waals surface area contributed by atoms with Crippen LogP contribution in [0, 0.1) is 6.92 Å². The van der Waals surface area contributed by atoms with Crippen LogP contribution in [0.4, 0.5) is 0 Å². The number of phenolic OH excluding ortho intramolecular Hbond substituents is 1. The number of benzene rings is 2. The highest BCUT2D eigenvalue weighted by atomic mass is 16.5. The van der Waals surface area contributed by atoms with Crippen LogP contribution < -0.4 is 19.6 Å². The van der Waals surface area contributed by atoms with Gasteiger partial charge in [0.15, 0.2) is 11.5 Å². The van der Waals surface area contributed by atoms with Crippen LogP contribution in [-0.2, 0) is 0 Å². The third-order valence-corrected chi connectivity index (χ3v) is 4.31. The molecule has 2 aromatic rings. The molecule has 6 nitrogen and oxygen atoms in total. The smallest absolute Gasteiger partial charge is 0.203 e. The predicted molar refractivity (Wildman–Crippen MR) is 96.0 cm³/mol. The fraction of sp³-hybridized carbons (Fsp3) is 0.316. The lowest BCUT2D eigenvalue weighted by Gasteiger charge is -2.17. The van der Waals surface area contributed by atoms with Gasteiger partial charge in [-0.25, -0.2) is 0 Å². The maximum atomic E-state index is 10.1. The van der Waals surface area contributed by atoms with E-state index in [1.165, 1.54) is 0 Å². The molecule has 0 aliphatic carbocycles. The van der Waals surface area contributed by atoms with Crippen LogP contribution in [-0.4, -0.2) is 32.1 Å². The Morgan fingerprint density at radius 1 is 1.04 bits per heavy atom. The van der Waals surface area contributed by atoms with Crippen molar-refractivity contribution in [1.29, 1.82) is 0 Å². The summed E-state index contributed by atoms with van der Waals surface area (Å²) in [7, 11) is 4.77. The first kappa shape index (κ1) is 17.0. The zero-order valence-corrected chi connectivity index (χ0v) is 14.8. The molecule has 0 radical (unpaired) electrons. The maximum absolute atomic E-state index is 10.1. The van der Waals surface area contributed by atoms with E-state index in [2.05, 4.69) is 10.5 Å². The summed E-state index contributed by atoms with van der Waals surface area (Å²) in [5.41, 5.74) is 6.75. The number of methoxy groups -OCH3 is 3. The Balaban J connectivity index is 1.89. The summed E-state index contributed by atoms with van der Waals surface area (Å²) < 4.78 is 16.2. The molecule has 3 rings (SSSR count). The highest BCUT2D eigenvalue weighted by Gasteiger charge is 2.25. The maximum Gasteiger partial charge on any atom is 0.203 e. The lowest BCUT2D eigenvalue weighted by molar-refractivity contribution is 0.323. The van der Waals surface area contributed by atoms with Gasteiger partial charge in [-0.1, -0.05) is 11.6 Å². The largest absolute Gasteiger partial charge is 0.507 e. The van der Waals surface area contributed by atoms with Crippen molar-refractivity contribution in [3.05, 3.63) is 47.0 Å². The molecule has 0 spiro atoms. The average Bonchev–Trinajstić information content (AvgIpc) is 3.12. The molecule has 1 aliphatic rings. The number of aromatic hydroxyl groups is 1. The van der Waals surface area contributed by atoms with E-state index in [-0.39, 0.29) is 11.8 Å². The van der Waals surface area contributed by atoms with Gasteiger partial charge in [0.1, 0.15) is 5.75 Å². The molecule has 2 N–H and O–H groups in total. The molecule has 0 saturated carbocycles. The summed E-state index contributed by atoms with van der Waals surface area (Å²) in [5, 5.41) is 14.5. The molecule has 25 heavy (non-hydrogen) atoms. The quantitative estimate of drug-likeness (QED) is 0.873. The van der Waals surface area contributed by atoms with Gasteiger partial charge in [0.25, 0.3) is 0 Å². The third kappa shape index (κ3) is 3.20. The second-order valence-corrected chi connectivity index (χ2v) is 5.92. The minimum absolute atomic E-state index is 0.0383. The van der Waals surface area contributed by atoms with Crippen molar-refractivity contribution in [3.63, 3.8) is 0 Å². The summed E-state index contributed by atoms with van der Waals surface area (Å²) in [6, 6.07) is 9.29. The van der Waals surface area contributed by atoms with E-state index in [1.54, 1.807) is 27.4 Å². The summed E-state index contributed by atoms with van der Waals surface area (Å²) in [5.74, 6) is 2.00. The van der Waals surface area contributed by atoms with E-state index in [9.17, 15) is 5.11 Å². The first-order chi connectivity index (χ1) is 12.1. The monoisotopic (exact) mass is 342 g/mol. The fourth-order valence-corrected chi connectivity index (χ4v) is 2.99. The number of rotatable bonds is 5.